The molecule has 15 heavy (non-hydrogen) atoms. The van der Waals surface area contributed by atoms with Crippen molar-refractivity contribution in [3.63, 3.8) is 0 Å². The van der Waals surface area contributed by atoms with E-state index in [1.54, 1.807) is 0 Å². The van der Waals surface area contributed by atoms with Crippen molar-refractivity contribution in [2.75, 3.05) is 32.7 Å². The first-order valence-electron chi connectivity index (χ1n) is 5.83. The lowest BCUT2D eigenvalue weighted by atomic mass is 10.1. The van der Waals surface area contributed by atoms with E-state index in [9.17, 15) is 4.79 Å². The molecule has 0 saturated carbocycles. The van der Waals surface area contributed by atoms with Gasteiger partial charge in [-0.1, -0.05) is 13.8 Å². The van der Waals surface area contributed by atoms with Crippen LogP contribution in [0.3, 0.4) is 0 Å². The second kappa shape index (κ2) is 5.47. The summed E-state index contributed by atoms with van der Waals surface area (Å²) >= 11 is 0. The van der Waals surface area contributed by atoms with E-state index in [0.717, 1.165) is 26.2 Å². The quantitative estimate of drug-likeness (QED) is 0.725. The van der Waals surface area contributed by atoms with E-state index in [4.69, 9.17) is 5.73 Å². The number of nitrogens with two attached hydrogens (primary N) is 1. The predicted octanol–water partition coefficient (Wildman–Crippen LogP) is 0.134. The van der Waals surface area contributed by atoms with Gasteiger partial charge in [-0.3, -0.25) is 9.69 Å². The number of amides is 1. The maximum absolute atomic E-state index is 11.9. The van der Waals surface area contributed by atoms with Gasteiger partial charge in [0.2, 0.25) is 5.91 Å². The molecule has 2 atom stereocenters. The van der Waals surface area contributed by atoms with Crippen molar-refractivity contribution in [3.8, 4) is 0 Å². The Morgan fingerprint density at radius 3 is 2.67 bits per heavy atom. The molecule has 0 aliphatic carbocycles. The molecule has 1 aliphatic heterocycles. The minimum atomic E-state index is -0.0367. The Hall–Kier alpha value is -0.610. The molecular weight excluding hydrogens is 190 g/mol. The molecule has 2 N–H and O–H groups in total. The summed E-state index contributed by atoms with van der Waals surface area (Å²) in [4.78, 5) is 16.2. The summed E-state index contributed by atoms with van der Waals surface area (Å²) in [5.41, 5.74) is 5.51. The van der Waals surface area contributed by atoms with E-state index in [2.05, 4.69) is 18.7 Å². The van der Waals surface area contributed by atoms with Gasteiger partial charge in [0.05, 0.1) is 0 Å². The normalized spacial score (nSPS) is 25.3. The highest BCUT2D eigenvalue weighted by Gasteiger charge is 2.27. The summed E-state index contributed by atoms with van der Waals surface area (Å²) in [6.07, 6.45) is 0. The number of hydrogen-bond donors (Lipinski definition) is 1. The molecule has 1 rings (SSSR count). The van der Waals surface area contributed by atoms with Crippen LogP contribution >= 0.6 is 0 Å². The molecule has 0 spiro atoms. The van der Waals surface area contributed by atoms with Gasteiger partial charge in [-0.15, -0.1) is 0 Å². The largest absolute Gasteiger partial charge is 0.340 e. The average Bonchev–Trinajstić information content (AvgIpc) is 2.26. The number of rotatable bonds is 3. The average molecular weight is 213 g/mol. The highest BCUT2D eigenvalue weighted by molar-refractivity contribution is 5.78. The van der Waals surface area contributed by atoms with Crippen LogP contribution in [0.4, 0.5) is 0 Å². The topological polar surface area (TPSA) is 49.6 Å². The van der Waals surface area contributed by atoms with Crippen molar-refractivity contribution >= 4 is 5.91 Å². The third-order valence-corrected chi connectivity index (χ3v) is 3.26. The maximum Gasteiger partial charge on any atom is 0.226 e. The first-order chi connectivity index (χ1) is 7.10. The van der Waals surface area contributed by atoms with Crippen LogP contribution in [-0.2, 0) is 4.79 Å². The van der Waals surface area contributed by atoms with Crippen molar-refractivity contribution in [2.24, 2.45) is 11.7 Å². The monoisotopic (exact) mass is 213 g/mol. The molecule has 1 saturated heterocycles. The summed E-state index contributed by atoms with van der Waals surface area (Å²) in [5.74, 6) is 0.172. The number of carbonyl (C=O) groups excluding carboxylic acids is 1. The van der Waals surface area contributed by atoms with Crippen molar-refractivity contribution in [2.45, 2.75) is 26.8 Å². The minimum Gasteiger partial charge on any atom is -0.340 e. The SMILES string of the molecule is CCN1CCN(C(=O)C(C)CN)CC1C. The van der Waals surface area contributed by atoms with Gasteiger partial charge in [0, 0.05) is 38.1 Å². The van der Waals surface area contributed by atoms with Gasteiger partial charge in [0.25, 0.3) is 0 Å². The molecule has 4 nitrogen and oxygen atoms in total. The van der Waals surface area contributed by atoms with Crippen LogP contribution in [-0.4, -0.2) is 54.5 Å². The Bertz CT molecular complexity index is 220. The Kier molecular flexibility index (Phi) is 4.54. The molecule has 1 heterocycles. The van der Waals surface area contributed by atoms with Gasteiger partial charge < -0.3 is 10.6 Å². The molecule has 2 unspecified atom stereocenters. The Balaban J connectivity index is 2.50. The van der Waals surface area contributed by atoms with Crippen molar-refractivity contribution in [3.05, 3.63) is 0 Å². The third kappa shape index (κ3) is 2.92. The summed E-state index contributed by atoms with van der Waals surface area (Å²) in [5, 5.41) is 0. The van der Waals surface area contributed by atoms with Crippen LogP contribution in [0.5, 0.6) is 0 Å². The van der Waals surface area contributed by atoms with Crippen molar-refractivity contribution in [1.29, 1.82) is 0 Å². The fourth-order valence-corrected chi connectivity index (χ4v) is 2.08. The number of piperazine rings is 1. The number of nitrogens with zero attached hydrogens (tertiary/aromatic N) is 2. The van der Waals surface area contributed by atoms with Crippen LogP contribution < -0.4 is 5.73 Å². The standard InChI is InChI=1S/C11H23N3O/c1-4-13-5-6-14(8-10(13)3)11(15)9(2)7-12/h9-10H,4-8,12H2,1-3H3. The van der Waals surface area contributed by atoms with Gasteiger partial charge >= 0.3 is 0 Å². The number of carbonyl (C=O) groups is 1. The molecule has 0 aromatic carbocycles. The second-order valence-corrected chi connectivity index (χ2v) is 4.40. The predicted molar refractivity (Wildman–Crippen MR) is 61.5 cm³/mol. The van der Waals surface area contributed by atoms with Crippen LogP contribution in [0.2, 0.25) is 0 Å². The van der Waals surface area contributed by atoms with E-state index in [1.807, 2.05) is 11.8 Å². The van der Waals surface area contributed by atoms with Crippen molar-refractivity contribution < 1.29 is 4.79 Å². The van der Waals surface area contributed by atoms with E-state index in [0.29, 0.717) is 12.6 Å². The van der Waals surface area contributed by atoms with Gasteiger partial charge in [0.1, 0.15) is 0 Å². The van der Waals surface area contributed by atoms with Crippen LogP contribution in [0.15, 0.2) is 0 Å². The van der Waals surface area contributed by atoms with Crippen LogP contribution in [0, 0.1) is 5.92 Å². The molecule has 88 valence electrons. The Morgan fingerprint density at radius 1 is 1.53 bits per heavy atom. The third-order valence-electron chi connectivity index (χ3n) is 3.26. The fraction of sp³-hybridized carbons (Fsp3) is 0.909. The minimum absolute atomic E-state index is 0.0367. The molecule has 1 amide bonds. The molecule has 0 aromatic rings. The van der Waals surface area contributed by atoms with E-state index >= 15 is 0 Å². The Labute approximate surface area is 92.4 Å². The molecular formula is C11H23N3O. The molecule has 1 fully saturated rings. The number of likely N-dealkylation sites (N-methyl/N-ethyl adjacent to an activating group) is 1. The Morgan fingerprint density at radius 2 is 2.20 bits per heavy atom. The summed E-state index contributed by atoms with van der Waals surface area (Å²) in [6, 6.07) is 0.470. The fourth-order valence-electron chi connectivity index (χ4n) is 2.08. The zero-order valence-electron chi connectivity index (χ0n) is 10.1. The lowest BCUT2D eigenvalue weighted by Crippen LogP contribution is -2.54. The first kappa shape index (κ1) is 12.5. The van der Waals surface area contributed by atoms with Crippen LogP contribution in [0.1, 0.15) is 20.8 Å². The molecule has 1 aliphatic rings. The highest BCUT2D eigenvalue weighted by Crippen LogP contribution is 2.11. The number of hydrogen-bond acceptors (Lipinski definition) is 3. The molecule has 0 bridgehead atoms. The van der Waals surface area contributed by atoms with Gasteiger partial charge in [-0.25, -0.2) is 0 Å². The van der Waals surface area contributed by atoms with E-state index in [1.165, 1.54) is 0 Å². The summed E-state index contributed by atoms with van der Waals surface area (Å²) < 4.78 is 0. The van der Waals surface area contributed by atoms with E-state index < -0.39 is 0 Å². The highest BCUT2D eigenvalue weighted by atomic mass is 16.2. The molecule has 4 heteroatoms. The van der Waals surface area contributed by atoms with Gasteiger partial charge in [-0.05, 0) is 13.5 Å². The maximum atomic E-state index is 11.9. The lowest BCUT2D eigenvalue weighted by molar-refractivity contribution is -0.137. The zero-order chi connectivity index (χ0) is 11.4. The van der Waals surface area contributed by atoms with E-state index in [-0.39, 0.29) is 11.8 Å². The molecule has 0 radical (unpaired) electrons. The molecule has 0 aromatic heterocycles. The lowest BCUT2D eigenvalue weighted by Gasteiger charge is -2.40. The van der Waals surface area contributed by atoms with Crippen molar-refractivity contribution in [1.82, 2.24) is 9.80 Å². The summed E-state index contributed by atoms with van der Waals surface area (Å²) in [7, 11) is 0. The summed E-state index contributed by atoms with van der Waals surface area (Å²) in [6.45, 7) is 10.4. The van der Waals surface area contributed by atoms with Gasteiger partial charge in [0.15, 0.2) is 0 Å². The zero-order valence-corrected chi connectivity index (χ0v) is 10.1. The second-order valence-electron chi connectivity index (χ2n) is 4.40. The smallest absolute Gasteiger partial charge is 0.226 e. The van der Waals surface area contributed by atoms with Gasteiger partial charge in [-0.2, -0.15) is 0 Å². The van der Waals surface area contributed by atoms with Crippen LogP contribution in [0.25, 0.3) is 0 Å². The first-order valence-corrected chi connectivity index (χ1v) is 5.83.